The van der Waals surface area contributed by atoms with Crippen molar-refractivity contribution in [2.24, 2.45) is 0 Å². The quantitative estimate of drug-likeness (QED) is 0.416. The second kappa shape index (κ2) is 11.8. The zero-order chi connectivity index (χ0) is 21.6. The number of nitrogens with zero attached hydrogens (tertiary/aromatic N) is 2. The summed E-state index contributed by atoms with van der Waals surface area (Å²) in [6, 6.07) is 16.3. The summed E-state index contributed by atoms with van der Waals surface area (Å²) in [5.74, 6) is 3.29. The predicted molar refractivity (Wildman–Crippen MR) is 135 cm³/mol. The summed E-state index contributed by atoms with van der Waals surface area (Å²) in [4.78, 5) is 19.1. The Morgan fingerprint density at radius 2 is 1.78 bits per heavy atom. The van der Waals surface area contributed by atoms with Crippen molar-refractivity contribution in [3.63, 3.8) is 0 Å². The molecular weight excluding hydrogens is 489 g/mol. The minimum Gasteiger partial charge on any atom is -0.439 e. The first-order chi connectivity index (χ1) is 15.1. The predicted octanol–water partition coefficient (Wildman–Crippen LogP) is 6.40. The van der Waals surface area contributed by atoms with Crippen LogP contribution in [-0.4, -0.2) is 40.4 Å². The van der Waals surface area contributed by atoms with E-state index in [4.69, 9.17) is 27.9 Å². The van der Waals surface area contributed by atoms with E-state index in [2.05, 4.69) is 27.3 Å². The molecule has 3 aromatic rings. The van der Waals surface area contributed by atoms with Gasteiger partial charge in [0.15, 0.2) is 0 Å². The maximum atomic E-state index is 12.4. The fourth-order valence-electron chi connectivity index (χ4n) is 3.16. The average molecular weight is 511 g/mol. The number of amides is 1. The molecule has 0 saturated carbocycles. The van der Waals surface area contributed by atoms with Gasteiger partial charge < -0.3 is 10.1 Å². The van der Waals surface area contributed by atoms with E-state index in [-0.39, 0.29) is 18.3 Å². The standard InChI is InChI=1S/C23H21Cl2N3O2S.ClH/c24-20-7-3-17(13-21(20)25)23(29)27-18-4-8-22(26-14-18)30-19-5-1-16(2-6-19)15-28-9-11-31-12-10-28;/h1-8,13-14H,9-12,15H2,(H,27,29);1H. The van der Waals surface area contributed by atoms with Gasteiger partial charge >= 0.3 is 0 Å². The van der Waals surface area contributed by atoms with Crippen LogP contribution in [0.15, 0.2) is 60.8 Å². The van der Waals surface area contributed by atoms with Gasteiger partial charge in [-0.25, -0.2) is 4.98 Å². The number of nitrogens with one attached hydrogen (secondary N) is 1. The summed E-state index contributed by atoms with van der Waals surface area (Å²) in [6.07, 6.45) is 1.55. The van der Waals surface area contributed by atoms with E-state index >= 15 is 0 Å². The summed E-state index contributed by atoms with van der Waals surface area (Å²) in [6.45, 7) is 3.24. The van der Waals surface area contributed by atoms with Gasteiger partial charge in [0, 0.05) is 42.8 Å². The van der Waals surface area contributed by atoms with Crippen molar-refractivity contribution in [3.05, 3.63) is 82.0 Å². The minimum absolute atomic E-state index is 0. The second-order valence-corrected chi connectivity index (χ2v) is 9.14. The zero-order valence-corrected chi connectivity index (χ0v) is 20.2. The molecule has 0 bridgehead atoms. The van der Waals surface area contributed by atoms with E-state index in [0.29, 0.717) is 27.2 Å². The molecular formula is C23H22Cl3N3O2S. The third kappa shape index (κ3) is 6.77. The van der Waals surface area contributed by atoms with Gasteiger partial charge in [-0.05, 0) is 42.0 Å². The SMILES string of the molecule is Cl.O=C(Nc1ccc(Oc2ccc(CN3CCSCC3)cc2)nc1)c1ccc(Cl)c(Cl)c1. The Hall–Kier alpha value is -1.96. The van der Waals surface area contributed by atoms with E-state index in [1.165, 1.54) is 23.1 Å². The number of carbonyl (C=O) groups excluding carboxylic acids is 1. The third-order valence-corrected chi connectivity index (χ3v) is 6.51. The number of hydrogen-bond donors (Lipinski definition) is 1. The van der Waals surface area contributed by atoms with Crippen molar-refractivity contribution in [1.82, 2.24) is 9.88 Å². The van der Waals surface area contributed by atoms with Gasteiger partial charge in [0.1, 0.15) is 5.75 Å². The first-order valence-corrected chi connectivity index (χ1v) is 11.8. The lowest BCUT2D eigenvalue weighted by atomic mass is 10.2. The van der Waals surface area contributed by atoms with Crippen LogP contribution in [0.2, 0.25) is 10.0 Å². The van der Waals surface area contributed by atoms with E-state index in [9.17, 15) is 4.79 Å². The Bertz CT molecular complexity index is 1040. The third-order valence-electron chi connectivity index (χ3n) is 4.83. The molecule has 168 valence electrons. The van der Waals surface area contributed by atoms with Crippen molar-refractivity contribution < 1.29 is 9.53 Å². The Balaban J connectivity index is 0.00000289. The van der Waals surface area contributed by atoms with Crippen LogP contribution in [0.1, 0.15) is 15.9 Å². The summed E-state index contributed by atoms with van der Waals surface area (Å²) >= 11 is 13.9. The number of ether oxygens (including phenoxy) is 1. The molecule has 1 aliphatic rings. The molecule has 0 radical (unpaired) electrons. The maximum absolute atomic E-state index is 12.4. The van der Waals surface area contributed by atoms with Crippen molar-refractivity contribution in [2.45, 2.75) is 6.54 Å². The number of benzene rings is 2. The number of halogens is 3. The Kier molecular flexibility index (Phi) is 9.08. The highest BCUT2D eigenvalue weighted by Gasteiger charge is 2.11. The molecule has 4 rings (SSSR count). The molecule has 1 fully saturated rings. The lowest BCUT2D eigenvalue weighted by Gasteiger charge is -2.26. The molecule has 0 unspecified atom stereocenters. The van der Waals surface area contributed by atoms with Crippen molar-refractivity contribution in [3.8, 4) is 11.6 Å². The number of carbonyl (C=O) groups is 1. The highest BCUT2D eigenvalue weighted by atomic mass is 35.5. The van der Waals surface area contributed by atoms with Gasteiger partial charge in [0.2, 0.25) is 5.88 Å². The van der Waals surface area contributed by atoms with Crippen LogP contribution in [0.25, 0.3) is 0 Å². The number of hydrogen-bond acceptors (Lipinski definition) is 5. The Morgan fingerprint density at radius 3 is 2.44 bits per heavy atom. The molecule has 5 nitrogen and oxygen atoms in total. The van der Waals surface area contributed by atoms with Crippen LogP contribution in [0, 0.1) is 0 Å². The molecule has 1 N–H and O–H groups in total. The molecule has 1 aromatic heterocycles. The van der Waals surface area contributed by atoms with Gasteiger partial charge in [0.05, 0.1) is 21.9 Å². The molecule has 9 heteroatoms. The molecule has 0 spiro atoms. The number of aromatic nitrogens is 1. The molecule has 2 aromatic carbocycles. The van der Waals surface area contributed by atoms with Crippen molar-refractivity contribution in [1.29, 1.82) is 0 Å². The molecule has 2 heterocycles. The lowest BCUT2D eigenvalue weighted by molar-refractivity contribution is 0.102. The van der Waals surface area contributed by atoms with Gasteiger partial charge in [-0.15, -0.1) is 12.4 Å². The number of rotatable bonds is 6. The molecule has 0 atom stereocenters. The maximum Gasteiger partial charge on any atom is 0.255 e. The normalized spacial score (nSPS) is 13.8. The smallest absolute Gasteiger partial charge is 0.255 e. The average Bonchev–Trinajstić information content (AvgIpc) is 2.79. The van der Waals surface area contributed by atoms with E-state index in [0.717, 1.165) is 25.4 Å². The summed E-state index contributed by atoms with van der Waals surface area (Å²) in [5, 5.41) is 3.51. The van der Waals surface area contributed by atoms with Crippen LogP contribution >= 0.6 is 47.4 Å². The number of thioether (sulfide) groups is 1. The summed E-state index contributed by atoms with van der Waals surface area (Å²) in [7, 11) is 0. The van der Waals surface area contributed by atoms with Gasteiger partial charge in [-0.3, -0.25) is 9.69 Å². The molecule has 1 amide bonds. The van der Waals surface area contributed by atoms with Crippen LogP contribution in [0.4, 0.5) is 5.69 Å². The van der Waals surface area contributed by atoms with Crippen LogP contribution in [-0.2, 0) is 6.54 Å². The zero-order valence-electron chi connectivity index (χ0n) is 17.1. The van der Waals surface area contributed by atoms with Crippen molar-refractivity contribution >= 4 is 59.0 Å². The molecule has 1 aliphatic heterocycles. The van der Waals surface area contributed by atoms with Gasteiger partial charge in [-0.1, -0.05) is 35.3 Å². The van der Waals surface area contributed by atoms with E-state index < -0.39 is 0 Å². The van der Waals surface area contributed by atoms with Crippen LogP contribution < -0.4 is 10.1 Å². The highest BCUT2D eigenvalue weighted by molar-refractivity contribution is 7.99. The van der Waals surface area contributed by atoms with E-state index in [1.807, 2.05) is 23.9 Å². The second-order valence-electron chi connectivity index (χ2n) is 7.10. The number of pyridine rings is 1. The highest BCUT2D eigenvalue weighted by Crippen LogP contribution is 2.24. The Morgan fingerprint density at radius 1 is 1.03 bits per heavy atom. The largest absolute Gasteiger partial charge is 0.439 e. The Labute approximate surface area is 207 Å². The molecule has 1 saturated heterocycles. The summed E-state index contributed by atoms with van der Waals surface area (Å²) < 4.78 is 5.82. The first-order valence-electron chi connectivity index (χ1n) is 9.86. The van der Waals surface area contributed by atoms with E-state index in [1.54, 1.807) is 30.5 Å². The molecule has 0 aliphatic carbocycles. The number of anilines is 1. The summed E-state index contributed by atoms with van der Waals surface area (Å²) in [5.41, 5.74) is 2.24. The fourth-order valence-corrected chi connectivity index (χ4v) is 4.43. The van der Waals surface area contributed by atoms with Crippen molar-refractivity contribution in [2.75, 3.05) is 29.9 Å². The monoisotopic (exact) mass is 509 g/mol. The van der Waals surface area contributed by atoms with Crippen LogP contribution in [0.3, 0.4) is 0 Å². The lowest BCUT2D eigenvalue weighted by Crippen LogP contribution is -2.31. The first kappa shape index (κ1) is 24.7. The van der Waals surface area contributed by atoms with Gasteiger partial charge in [-0.2, -0.15) is 11.8 Å². The minimum atomic E-state index is -0.295. The van der Waals surface area contributed by atoms with Crippen LogP contribution in [0.5, 0.6) is 11.6 Å². The van der Waals surface area contributed by atoms with Gasteiger partial charge in [0.25, 0.3) is 5.91 Å². The molecule has 32 heavy (non-hydrogen) atoms. The topological polar surface area (TPSA) is 54.5 Å². The fraction of sp³-hybridized carbons (Fsp3) is 0.217.